The summed E-state index contributed by atoms with van der Waals surface area (Å²) in [6.07, 6.45) is 4.91. The van der Waals surface area contributed by atoms with E-state index in [1.807, 2.05) is 23.7 Å². The third-order valence-electron chi connectivity index (χ3n) is 6.58. The Kier molecular flexibility index (Phi) is 6.08. The van der Waals surface area contributed by atoms with E-state index in [-0.39, 0.29) is 23.2 Å². The zero-order valence-electron chi connectivity index (χ0n) is 20.7. The van der Waals surface area contributed by atoms with Crippen LogP contribution in [0.2, 0.25) is 0 Å². The fraction of sp³-hybridized carbons (Fsp3) is 0.222. The van der Waals surface area contributed by atoms with Crippen LogP contribution in [0, 0.1) is 0 Å². The molecule has 1 saturated heterocycles. The van der Waals surface area contributed by atoms with Gasteiger partial charge < -0.3 is 20.5 Å². The molecule has 0 bridgehead atoms. The molecular formula is C27H27N7O3. The number of benzene rings is 1. The molecular weight excluding hydrogens is 470 g/mol. The van der Waals surface area contributed by atoms with Crippen molar-refractivity contribution in [1.29, 1.82) is 0 Å². The maximum atomic E-state index is 13.4. The third-order valence-corrected chi connectivity index (χ3v) is 6.58. The Labute approximate surface area is 213 Å². The molecule has 10 nitrogen and oxygen atoms in total. The van der Waals surface area contributed by atoms with Crippen molar-refractivity contribution in [2.75, 3.05) is 24.1 Å². The summed E-state index contributed by atoms with van der Waals surface area (Å²) in [4.78, 5) is 48.6. The summed E-state index contributed by atoms with van der Waals surface area (Å²) in [5.41, 5.74) is 9.80. The molecule has 1 fully saturated rings. The van der Waals surface area contributed by atoms with E-state index in [0.29, 0.717) is 52.3 Å². The van der Waals surface area contributed by atoms with Crippen LogP contribution in [0.1, 0.15) is 30.1 Å². The number of nitrogens with one attached hydrogen (secondary N) is 1. The maximum absolute atomic E-state index is 13.4. The number of fused-ring (bicyclic) bond motifs is 1. The van der Waals surface area contributed by atoms with Crippen molar-refractivity contribution in [2.45, 2.75) is 19.8 Å². The van der Waals surface area contributed by atoms with Crippen LogP contribution in [0.3, 0.4) is 0 Å². The molecule has 4 heterocycles. The van der Waals surface area contributed by atoms with Gasteiger partial charge in [0.05, 0.1) is 16.8 Å². The quantitative estimate of drug-likeness (QED) is 0.408. The van der Waals surface area contributed by atoms with Crippen LogP contribution in [0.5, 0.6) is 0 Å². The van der Waals surface area contributed by atoms with Gasteiger partial charge in [-0.3, -0.25) is 19.0 Å². The second-order valence-corrected chi connectivity index (χ2v) is 9.15. The highest BCUT2D eigenvalue weighted by Crippen LogP contribution is 2.37. The number of rotatable bonds is 5. The van der Waals surface area contributed by atoms with Gasteiger partial charge in [0.2, 0.25) is 0 Å². The van der Waals surface area contributed by atoms with Crippen molar-refractivity contribution in [3.05, 3.63) is 77.0 Å². The number of aromatic nitrogens is 4. The Hall–Kier alpha value is -4.73. The predicted molar refractivity (Wildman–Crippen MR) is 143 cm³/mol. The molecule has 0 atom stereocenters. The summed E-state index contributed by atoms with van der Waals surface area (Å²) in [6.45, 7) is 6.70. The molecule has 0 spiro atoms. The summed E-state index contributed by atoms with van der Waals surface area (Å²) in [5.74, 6) is -0.178. The first-order valence-electron chi connectivity index (χ1n) is 11.9. The summed E-state index contributed by atoms with van der Waals surface area (Å²) in [6, 6.07) is 10.2. The standard InChI is InChI=1S/C27H27N7O3/c1-16(2)26(36)31-19-8-6-17(7-9-19)22-23(21-24(28)29-15-30-25(21)32(22)3)34-13-10-18(14-20(34)35)27(37)33-11-4-5-12-33/h6-10,13-15H,1,4-5,11-12H2,2-3H3,(H,31,36)(H2,28,29,30). The largest absolute Gasteiger partial charge is 0.383 e. The van der Waals surface area contributed by atoms with Crippen molar-refractivity contribution in [2.24, 2.45) is 7.05 Å². The Morgan fingerprint density at radius 1 is 1.08 bits per heavy atom. The van der Waals surface area contributed by atoms with Crippen molar-refractivity contribution < 1.29 is 9.59 Å². The van der Waals surface area contributed by atoms with Crippen molar-refractivity contribution in [3.63, 3.8) is 0 Å². The van der Waals surface area contributed by atoms with Crippen LogP contribution in [-0.2, 0) is 11.8 Å². The van der Waals surface area contributed by atoms with Gasteiger partial charge in [-0.25, -0.2) is 9.97 Å². The first kappa shape index (κ1) is 24.0. The van der Waals surface area contributed by atoms with E-state index in [0.717, 1.165) is 18.4 Å². The number of anilines is 2. The number of nitrogens with zero attached hydrogens (tertiary/aromatic N) is 5. The molecule has 1 aliphatic heterocycles. The molecule has 10 heteroatoms. The lowest BCUT2D eigenvalue weighted by molar-refractivity contribution is -0.112. The normalized spacial score (nSPS) is 13.2. The Balaban J connectivity index is 1.64. The van der Waals surface area contributed by atoms with E-state index >= 15 is 0 Å². The fourth-order valence-corrected chi connectivity index (χ4v) is 4.67. The zero-order valence-corrected chi connectivity index (χ0v) is 20.7. The van der Waals surface area contributed by atoms with Gasteiger partial charge in [-0.2, -0.15) is 0 Å². The second kappa shape index (κ2) is 9.38. The van der Waals surface area contributed by atoms with Crippen LogP contribution in [0.15, 0.2) is 65.9 Å². The SMILES string of the molecule is C=C(C)C(=O)Nc1ccc(-c2c(-n3ccc(C(=O)N4CCCC4)cc3=O)c3c(N)ncnc3n2C)cc1. The topological polar surface area (TPSA) is 128 Å². The molecule has 1 aromatic carbocycles. The number of pyridine rings is 1. The first-order chi connectivity index (χ1) is 17.8. The van der Waals surface area contributed by atoms with E-state index in [1.165, 1.54) is 17.0 Å². The monoisotopic (exact) mass is 497 g/mol. The predicted octanol–water partition coefficient (Wildman–Crippen LogP) is 3.12. The van der Waals surface area contributed by atoms with Crippen molar-refractivity contribution in [3.8, 4) is 16.9 Å². The summed E-state index contributed by atoms with van der Waals surface area (Å²) >= 11 is 0. The van der Waals surface area contributed by atoms with E-state index in [4.69, 9.17) is 5.73 Å². The molecule has 5 rings (SSSR count). The average molecular weight is 498 g/mol. The van der Waals surface area contributed by atoms with Crippen LogP contribution in [0.4, 0.5) is 11.5 Å². The lowest BCUT2D eigenvalue weighted by Crippen LogP contribution is -2.29. The van der Waals surface area contributed by atoms with E-state index < -0.39 is 0 Å². The van der Waals surface area contributed by atoms with Gasteiger partial charge in [0.1, 0.15) is 17.8 Å². The lowest BCUT2D eigenvalue weighted by atomic mass is 10.1. The number of carbonyl (C=O) groups is 2. The zero-order chi connectivity index (χ0) is 26.3. The van der Waals surface area contributed by atoms with Gasteiger partial charge in [-0.1, -0.05) is 18.7 Å². The first-order valence-corrected chi connectivity index (χ1v) is 11.9. The highest BCUT2D eigenvalue weighted by atomic mass is 16.2. The lowest BCUT2D eigenvalue weighted by Gasteiger charge is -2.16. The Morgan fingerprint density at radius 3 is 2.43 bits per heavy atom. The highest BCUT2D eigenvalue weighted by Gasteiger charge is 2.24. The molecule has 0 radical (unpaired) electrons. The van der Waals surface area contributed by atoms with Crippen LogP contribution < -0.4 is 16.6 Å². The minimum absolute atomic E-state index is 0.143. The van der Waals surface area contributed by atoms with Gasteiger partial charge in [0.15, 0.2) is 0 Å². The van der Waals surface area contributed by atoms with Crippen molar-refractivity contribution in [1.82, 2.24) is 24.0 Å². The number of hydrogen-bond acceptors (Lipinski definition) is 6. The highest BCUT2D eigenvalue weighted by molar-refractivity contribution is 6.04. The summed E-state index contributed by atoms with van der Waals surface area (Å²) in [7, 11) is 1.83. The summed E-state index contributed by atoms with van der Waals surface area (Å²) in [5, 5.41) is 3.32. The number of nitrogens with two attached hydrogens (primary N) is 1. The Bertz CT molecular complexity index is 1610. The van der Waals surface area contributed by atoms with Gasteiger partial charge >= 0.3 is 0 Å². The molecule has 1 aliphatic rings. The molecule has 0 aliphatic carbocycles. The van der Waals surface area contributed by atoms with Gasteiger partial charge in [0, 0.05) is 54.8 Å². The molecule has 0 unspecified atom stereocenters. The van der Waals surface area contributed by atoms with E-state index in [9.17, 15) is 14.4 Å². The smallest absolute Gasteiger partial charge is 0.255 e. The molecule has 3 aromatic heterocycles. The third kappa shape index (κ3) is 4.26. The molecule has 0 saturated carbocycles. The number of carbonyl (C=O) groups excluding carboxylic acids is 2. The molecule has 188 valence electrons. The fourth-order valence-electron chi connectivity index (χ4n) is 4.67. The number of nitrogen functional groups attached to an aromatic ring is 1. The molecule has 4 aromatic rings. The van der Waals surface area contributed by atoms with Gasteiger partial charge in [-0.05, 0) is 38.0 Å². The van der Waals surface area contributed by atoms with Crippen LogP contribution in [-0.4, -0.2) is 48.9 Å². The van der Waals surface area contributed by atoms with Crippen LogP contribution in [0.25, 0.3) is 28.0 Å². The maximum Gasteiger partial charge on any atom is 0.255 e. The number of likely N-dealkylation sites (tertiary alicyclic amines) is 1. The summed E-state index contributed by atoms with van der Waals surface area (Å²) < 4.78 is 3.31. The van der Waals surface area contributed by atoms with Crippen molar-refractivity contribution >= 4 is 34.4 Å². The minimum atomic E-state index is -0.368. The van der Waals surface area contributed by atoms with Gasteiger partial charge in [-0.15, -0.1) is 0 Å². The van der Waals surface area contributed by atoms with E-state index in [1.54, 1.807) is 36.2 Å². The molecule has 37 heavy (non-hydrogen) atoms. The Morgan fingerprint density at radius 2 is 1.78 bits per heavy atom. The van der Waals surface area contributed by atoms with Gasteiger partial charge in [0.25, 0.3) is 17.4 Å². The molecule has 2 amide bonds. The van der Waals surface area contributed by atoms with E-state index in [2.05, 4.69) is 21.9 Å². The number of aryl methyl sites for hydroxylation is 1. The van der Waals surface area contributed by atoms with Crippen LogP contribution >= 0.6 is 0 Å². The average Bonchev–Trinajstić information content (AvgIpc) is 3.52. The number of hydrogen-bond donors (Lipinski definition) is 2. The minimum Gasteiger partial charge on any atom is -0.383 e. The second-order valence-electron chi connectivity index (χ2n) is 9.15. The molecule has 3 N–H and O–H groups in total. The number of amides is 2.